The van der Waals surface area contributed by atoms with E-state index in [9.17, 15) is 9.90 Å². The lowest BCUT2D eigenvalue weighted by Crippen LogP contribution is -2.22. The van der Waals surface area contributed by atoms with Crippen molar-refractivity contribution < 1.29 is 9.90 Å². The quantitative estimate of drug-likeness (QED) is 0.773. The Bertz CT molecular complexity index is 375. The smallest absolute Gasteiger partial charge is 0.307 e. The van der Waals surface area contributed by atoms with E-state index in [1.165, 1.54) is 0 Å². The third-order valence-electron chi connectivity index (χ3n) is 3.46. The van der Waals surface area contributed by atoms with Crippen LogP contribution in [0, 0.1) is 5.92 Å². The van der Waals surface area contributed by atoms with E-state index >= 15 is 0 Å². The first-order valence-corrected chi connectivity index (χ1v) is 5.77. The molecule has 0 bridgehead atoms. The van der Waals surface area contributed by atoms with Crippen LogP contribution in [0.15, 0.2) is 6.20 Å². The Morgan fingerprint density at radius 2 is 2.19 bits per heavy atom. The highest BCUT2D eigenvalue weighted by atomic mass is 16.4. The van der Waals surface area contributed by atoms with Crippen LogP contribution in [0.3, 0.4) is 0 Å². The van der Waals surface area contributed by atoms with Crippen molar-refractivity contribution in [3.63, 3.8) is 0 Å². The van der Waals surface area contributed by atoms with Gasteiger partial charge in [-0.1, -0.05) is 24.5 Å². The molecule has 1 saturated carbocycles. The summed E-state index contributed by atoms with van der Waals surface area (Å²) in [6.07, 6.45) is 6.64. The van der Waals surface area contributed by atoms with Gasteiger partial charge < -0.3 is 5.11 Å². The molecule has 0 aliphatic heterocycles. The Morgan fingerprint density at radius 1 is 1.44 bits per heavy atom. The molecule has 16 heavy (non-hydrogen) atoms. The van der Waals surface area contributed by atoms with E-state index in [-0.39, 0.29) is 11.8 Å². The largest absolute Gasteiger partial charge is 0.481 e. The highest BCUT2D eigenvalue weighted by Crippen LogP contribution is 2.36. The number of carboxylic acids is 1. The van der Waals surface area contributed by atoms with Crippen molar-refractivity contribution in [2.45, 2.75) is 38.0 Å². The van der Waals surface area contributed by atoms with Crippen molar-refractivity contribution in [3.8, 4) is 0 Å². The first-order valence-electron chi connectivity index (χ1n) is 5.77. The van der Waals surface area contributed by atoms with Gasteiger partial charge in [0.25, 0.3) is 0 Å². The van der Waals surface area contributed by atoms with Crippen molar-refractivity contribution >= 4 is 5.97 Å². The molecule has 1 aromatic heterocycles. The van der Waals surface area contributed by atoms with E-state index in [0.717, 1.165) is 37.8 Å². The molecule has 1 heterocycles. The van der Waals surface area contributed by atoms with E-state index in [2.05, 4.69) is 10.3 Å². The Kier molecular flexibility index (Phi) is 3.22. The standard InChI is InChI=1S/C11H17N3O2/c1-14-10(7-12-13-14)8-5-3-2-4-6-9(8)11(15)16/h7-9H,2-6H2,1H3,(H,15,16). The third-order valence-corrected chi connectivity index (χ3v) is 3.46. The molecule has 1 aliphatic carbocycles. The molecule has 0 amide bonds. The predicted octanol–water partition coefficient (Wildman–Crippen LogP) is 1.56. The first kappa shape index (κ1) is 11.1. The van der Waals surface area contributed by atoms with Gasteiger partial charge in [-0.2, -0.15) is 0 Å². The number of hydrogen-bond acceptors (Lipinski definition) is 3. The summed E-state index contributed by atoms with van der Waals surface area (Å²) in [5, 5.41) is 17.0. The summed E-state index contributed by atoms with van der Waals surface area (Å²) in [4.78, 5) is 11.3. The van der Waals surface area contributed by atoms with Gasteiger partial charge in [0, 0.05) is 13.0 Å². The van der Waals surface area contributed by atoms with Crippen LogP contribution in [0.25, 0.3) is 0 Å². The minimum Gasteiger partial charge on any atom is -0.481 e. The molecule has 1 fully saturated rings. The first-order chi connectivity index (χ1) is 7.70. The Balaban J connectivity index is 2.27. The molecule has 0 radical (unpaired) electrons. The van der Waals surface area contributed by atoms with Gasteiger partial charge in [0.1, 0.15) is 0 Å². The van der Waals surface area contributed by atoms with Crippen molar-refractivity contribution in [1.29, 1.82) is 0 Å². The molecule has 0 spiro atoms. The molecule has 0 saturated heterocycles. The van der Waals surface area contributed by atoms with Crippen LogP contribution in [-0.4, -0.2) is 26.1 Å². The fourth-order valence-corrected chi connectivity index (χ4v) is 2.59. The maximum Gasteiger partial charge on any atom is 0.307 e. The topological polar surface area (TPSA) is 68.0 Å². The van der Waals surface area contributed by atoms with Gasteiger partial charge in [0.15, 0.2) is 0 Å². The lowest BCUT2D eigenvalue weighted by molar-refractivity contribution is -0.142. The van der Waals surface area contributed by atoms with E-state index in [4.69, 9.17) is 0 Å². The number of hydrogen-bond donors (Lipinski definition) is 1. The van der Waals surface area contributed by atoms with Crippen LogP contribution in [-0.2, 0) is 11.8 Å². The Labute approximate surface area is 94.5 Å². The van der Waals surface area contributed by atoms with Crippen LogP contribution in [0.1, 0.15) is 43.7 Å². The minimum absolute atomic E-state index is 0.0694. The van der Waals surface area contributed by atoms with Gasteiger partial charge in [0.05, 0.1) is 17.8 Å². The van der Waals surface area contributed by atoms with E-state index in [0.29, 0.717) is 0 Å². The summed E-state index contributed by atoms with van der Waals surface area (Å²) in [6.45, 7) is 0. The maximum absolute atomic E-state index is 11.3. The summed E-state index contributed by atoms with van der Waals surface area (Å²) in [5.74, 6) is -0.896. The summed E-state index contributed by atoms with van der Waals surface area (Å²) >= 11 is 0. The Morgan fingerprint density at radius 3 is 2.81 bits per heavy atom. The average molecular weight is 223 g/mol. The molecule has 5 nitrogen and oxygen atoms in total. The maximum atomic E-state index is 11.3. The van der Waals surface area contributed by atoms with Crippen LogP contribution in [0.4, 0.5) is 0 Å². The molecule has 2 rings (SSSR count). The molecule has 88 valence electrons. The number of carbonyl (C=O) groups is 1. The molecule has 1 aliphatic rings. The highest BCUT2D eigenvalue weighted by Gasteiger charge is 2.32. The second kappa shape index (κ2) is 4.63. The van der Waals surface area contributed by atoms with Crippen LogP contribution in [0.5, 0.6) is 0 Å². The molecular formula is C11H17N3O2. The van der Waals surface area contributed by atoms with Gasteiger partial charge in [-0.15, -0.1) is 5.10 Å². The van der Waals surface area contributed by atoms with Gasteiger partial charge in [-0.3, -0.25) is 9.48 Å². The lowest BCUT2D eigenvalue weighted by atomic mass is 9.85. The summed E-state index contributed by atoms with van der Waals surface area (Å²) in [6, 6.07) is 0. The second-order valence-corrected chi connectivity index (χ2v) is 4.47. The highest BCUT2D eigenvalue weighted by molar-refractivity contribution is 5.71. The third kappa shape index (κ3) is 2.08. The molecule has 5 heteroatoms. The van der Waals surface area contributed by atoms with Crippen LogP contribution >= 0.6 is 0 Å². The van der Waals surface area contributed by atoms with Gasteiger partial charge in [0.2, 0.25) is 0 Å². The molecule has 0 aromatic carbocycles. The minimum atomic E-state index is -0.687. The summed E-state index contributed by atoms with van der Waals surface area (Å²) in [7, 11) is 1.83. The number of nitrogens with zero attached hydrogens (tertiary/aromatic N) is 3. The van der Waals surface area contributed by atoms with E-state index < -0.39 is 5.97 Å². The fraction of sp³-hybridized carbons (Fsp3) is 0.727. The zero-order valence-electron chi connectivity index (χ0n) is 9.46. The predicted molar refractivity (Wildman–Crippen MR) is 58.0 cm³/mol. The molecule has 1 N–H and O–H groups in total. The van der Waals surface area contributed by atoms with Crippen molar-refractivity contribution in [1.82, 2.24) is 15.0 Å². The second-order valence-electron chi connectivity index (χ2n) is 4.47. The van der Waals surface area contributed by atoms with Gasteiger partial charge in [-0.25, -0.2) is 0 Å². The van der Waals surface area contributed by atoms with Crippen LogP contribution < -0.4 is 0 Å². The van der Waals surface area contributed by atoms with Crippen molar-refractivity contribution in [2.75, 3.05) is 0 Å². The monoisotopic (exact) mass is 223 g/mol. The number of aliphatic carboxylic acids is 1. The Hall–Kier alpha value is -1.39. The van der Waals surface area contributed by atoms with E-state index in [1.807, 2.05) is 7.05 Å². The lowest BCUT2D eigenvalue weighted by Gasteiger charge is -2.20. The molecular weight excluding hydrogens is 206 g/mol. The van der Waals surface area contributed by atoms with Gasteiger partial charge >= 0.3 is 5.97 Å². The normalized spacial score (nSPS) is 26.3. The fourth-order valence-electron chi connectivity index (χ4n) is 2.59. The molecule has 2 unspecified atom stereocenters. The summed E-state index contributed by atoms with van der Waals surface area (Å²) in [5.41, 5.74) is 0.953. The molecule has 1 aromatic rings. The summed E-state index contributed by atoms with van der Waals surface area (Å²) < 4.78 is 1.70. The van der Waals surface area contributed by atoms with E-state index in [1.54, 1.807) is 10.9 Å². The number of aromatic nitrogens is 3. The van der Waals surface area contributed by atoms with Crippen molar-refractivity contribution in [2.24, 2.45) is 13.0 Å². The number of aryl methyl sites for hydroxylation is 1. The van der Waals surface area contributed by atoms with Gasteiger partial charge in [-0.05, 0) is 12.8 Å². The van der Waals surface area contributed by atoms with Crippen LogP contribution in [0.2, 0.25) is 0 Å². The van der Waals surface area contributed by atoms with Crippen molar-refractivity contribution in [3.05, 3.63) is 11.9 Å². The number of rotatable bonds is 2. The SMILES string of the molecule is Cn1nncc1C1CCCCCC1C(=O)O. The molecule has 2 atom stereocenters. The zero-order valence-corrected chi connectivity index (χ0v) is 9.46. The number of carboxylic acid groups (broad SMARTS) is 1. The zero-order chi connectivity index (χ0) is 11.5. The average Bonchev–Trinajstić information content (AvgIpc) is 2.54.